The van der Waals surface area contributed by atoms with Crippen LogP contribution < -0.4 is 4.74 Å². The smallest absolute Gasteiger partial charge is 0.296 e. The first-order valence-electron chi connectivity index (χ1n) is 10.0. The fourth-order valence-electron chi connectivity index (χ4n) is 4.49. The van der Waals surface area contributed by atoms with Crippen LogP contribution in [0.1, 0.15) is 55.0 Å². The van der Waals surface area contributed by atoms with Crippen LogP contribution in [0.5, 0.6) is 5.75 Å². The summed E-state index contributed by atoms with van der Waals surface area (Å²) in [6.07, 6.45) is 6.41. The molecule has 1 aliphatic heterocycles. The van der Waals surface area contributed by atoms with Gasteiger partial charge >= 0.3 is 0 Å². The molecule has 6 nitrogen and oxygen atoms in total. The first kappa shape index (κ1) is 19.3. The number of methoxy groups -OCH3 is 1. The summed E-state index contributed by atoms with van der Waals surface area (Å²) in [6, 6.07) is 7.95. The number of carbonyl (C=O) groups is 2. The molecule has 1 aliphatic carbocycles. The largest absolute Gasteiger partial charge is 0.507 e. The van der Waals surface area contributed by atoms with Gasteiger partial charge in [-0.3, -0.25) is 9.59 Å². The minimum atomic E-state index is -0.713. The number of Topliss-reactive ketones (excluding diaryl/α,β-unsaturated/α-hetero) is 1. The fourth-order valence-corrected chi connectivity index (χ4v) is 4.49. The number of aryl methyl sites for hydroxylation is 1. The summed E-state index contributed by atoms with van der Waals surface area (Å²) in [5.41, 5.74) is 1.34. The van der Waals surface area contributed by atoms with Gasteiger partial charge in [0.05, 0.1) is 18.9 Å². The Kier molecular flexibility index (Phi) is 5.18. The van der Waals surface area contributed by atoms with Crippen LogP contribution in [0.15, 0.2) is 46.6 Å². The monoisotopic (exact) mass is 395 g/mol. The van der Waals surface area contributed by atoms with E-state index in [0.717, 1.165) is 37.7 Å². The summed E-state index contributed by atoms with van der Waals surface area (Å²) < 4.78 is 10.8. The predicted molar refractivity (Wildman–Crippen MR) is 107 cm³/mol. The minimum Gasteiger partial charge on any atom is -0.507 e. The van der Waals surface area contributed by atoms with Gasteiger partial charge in [0, 0.05) is 11.6 Å². The molecule has 29 heavy (non-hydrogen) atoms. The number of rotatable bonds is 4. The molecule has 1 saturated heterocycles. The van der Waals surface area contributed by atoms with Crippen molar-refractivity contribution in [2.24, 2.45) is 0 Å². The average Bonchev–Trinajstić information content (AvgIpc) is 3.35. The Bertz CT molecular complexity index is 954. The van der Waals surface area contributed by atoms with Crippen molar-refractivity contribution in [1.82, 2.24) is 4.90 Å². The molecule has 2 aliphatic rings. The van der Waals surface area contributed by atoms with E-state index in [1.807, 2.05) is 6.92 Å². The van der Waals surface area contributed by atoms with Crippen molar-refractivity contribution in [2.75, 3.05) is 7.11 Å². The molecule has 1 aromatic heterocycles. The number of carbonyl (C=O) groups excluding carboxylic acids is 2. The van der Waals surface area contributed by atoms with Gasteiger partial charge in [-0.2, -0.15) is 0 Å². The first-order chi connectivity index (χ1) is 14.0. The Hall–Kier alpha value is -3.02. The van der Waals surface area contributed by atoms with Crippen molar-refractivity contribution in [3.8, 4) is 5.75 Å². The number of hydrogen-bond acceptors (Lipinski definition) is 5. The van der Waals surface area contributed by atoms with E-state index in [-0.39, 0.29) is 17.4 Å². The second kappa shape index (κ2) is 7.78. The van der Waals surface area contributed by atoms with Crippen molar-refractivity contribution < 1.29 is 23.8 Å². The molecule has 0 spiro atoms. The van der Waals surface area contributed by atoms with Crippen molar-refractivity contribution in [3.05, 3.63) is 59.1 Å². The molecule has 0 radical (unpaired) electrons. The van der Waals surface area contributed by atoms with Crippen LogP contribution in [-0.2, 0) is 9.59 Å². The third-order valence-electron chi connectivity index (χ3n) is 5.95. The van der Waals surface area contributed by atoms with Gasteiger partial charge in [0.1, 0.15) is 23.3 Å². The minimum absolute atomic E-state index is 0.0300. The lowest BCUT2D eigenvalue weighted by molar-refractivity contribution is -0.142. The molecule has 1 atom stereocenters. The third-order valence-corrected chi connectivity index (χ3v) is 5.95. The highest BCUT2D eigenvalue weighted by Gasteiger charge is 2.50. The highest BCUT2D eigenvalue weighted by molar-refractivity contribution is 6.46. The first-order valence-corrected chi connectivity index (χ1v) is 10.0. The van der Waals surface area contributed by atoms with Crippen molar-refractivity contribution in [3.63, 3.8) is 0 Å². The van der Waals surface area contributed by atoms with Crippen molar-refractivity contribution in [1.29, 1.82) is 0 Å². The Labute approximate surface area is 169 Å². The van der Waals surface area contributed by atoms with E-state index in [0.29, 0.717) is 17.1 Å². The Morgan fingerprint density at radius 3 is 2.55 bits per heavy atom. The number of hydrogen-bond donors (Lipinski definition) is 1. The number of furan rings is 1. The zero-order valence-electron chi connectivity index (χ0n) is 16.7. The van der Waals surface area contributed by atoms with Crippen LogP contribution >= 0.6 is 0 Å². The Morgan fingerprint density at radius 2 is 1.93 bits per heavy atom. The fraction of sp³-hybridized carbons (Fsp3) is 0.391. The highest BCUT2D eigenvalue weighted by Crippen LogP contribution is 2.43. The molecule has 4 rings (SSSR count). The normalized spacial score (nSPS) is 22.3. The molecule has 152 valence electrons. The molecule has 1 saturated carbocycles. The lowest BCUT2D eigenvalue weighted by Crippen LogP contribution is -2.40. The lowest BCUT2D eigenvalue weighted by atomic mass is 9.92. The number of nitrogens with zero attached hydrogens (tertiary/aromatic N) is 1. The second-order valence-corrected chi connectivity index (χ2v) is 7.69. The summed E-state index contributed by atoms with van der Waals surface area (Å²) in [4.78, 5) is 27.7. The molecule has 1 amide bonds. The molecule has 2 fully saturated rings. The summed E-state index contributed by atoms with van der Waals surface area (Å²) >= 11 is 0. The van der Waals surface area contributed by atoms with Gasteiger partial charge in [0.2, 0.25) is 0 Å². The van der Waals surface area contributed by atoms with E-state index >= 15 is 0 Å². The van der Waals surface area contributed by atoms with Crippen LogP contribution in [0.3, 0.4) is 0 Å². The van der Waals surface area contributed by atoms with Crippen LogP contribution in [0.25, 0.3) is 5.76 Å². The highest BCUT2D eigenvalue weighted by atomic mass is 16.5. The number of aliphatic hydroxyl groups is 1. The van der Waals surface area contributed by atoms with E-state index in [2.05, 4.69) is 0 Å². The summed E-state index contributed by atoms with van der Waals surface area (Å²) in [5.74, 6) is -0.259. The Balaban J connectivity index is 1.85. The van der Waals surface area contributed by atoms with E-state index in [1.54, 1.807) is 42.3 Å². The van der Waals surface area contributed by atoms with Gasteiger partial charge in [-0.1, -0.05) is 19.3 Å². The third kappa shape index (κ3) is 3.33. The quantitative estimate of drug-likeness (QED) is 0.473. The maximum absolute atomic E-state index is 13.0. The standard InChI is InChI=1S/C23H25NO5/c1-14-13-16(28-2)10-11-17(14)21(25)19-20(18-9-6-12-29-18)24(23(27)22(19)26)15-7-4-3-5-8-15/h6,9-13,15,20,25H,3-5,7-8H2,1-2H3/b21-19-. The van der Waals surface area contributed by atoms with Gasteiger partial charge < -0.3 is 19.2 Å². The van der Waals surface area contributed by atoms with Crippen LogP contribution in [0.2, 0.25) is 0 Å². The van der Waals surface area contributed by atoms with Gasteiger partial charge in [-0.25, -0.2) is 0 Å². The Morgan fingerprint density at radius 1 is 1.17 bits per heavy atom. The van der Waals surface area contributed by atoms with Gasteiger partial charge in [0.15, 0.2) is 0 Å². The van der Waals surface area contributed by atoms with E-state index in [9.17, 15) is 14.7 Å². The van der Waals surface area contributed by atoms with Gasteiger partial charge in [-0.05, 0) is 55.7 Å². The summed E-state index contributed by atoms with van der Waals surface area (Å²) in [7, 11) is 1.57. The number of benzene rings is 1. The van der Waals surface area contributed by atoms with E-state index in [1.165, 1.54) is 6.26 Å². The average molecular weight is 395 g/mol. The number of likely N-dealkylation sites (tertiary alicyclic amines) is 1. The molecule has 0 bridgehead atoms. The molecule has 1 N–H and O–H groups in total. The van der Waals surface area contributed by atoms with E-state index in [4.69, 9.17) is 9.15 Å². The number of ether oxygens (including phenoxy) is 1. The van der Waals surface area contributed by atoms with Crippen LogP contribution in [0.4, 0.5) is 0 Å². The molecular weight excluding hydrogens is 370 g/mol. The number of aliphatic hydroxyl groups excluding tert-OH is 1. The SMILES string of the molecule is COc1ccc(/C(O)=C2/C(=O)C(=O)N(C3CCCCC3)C2c2ccco2)c(C)c1. The topological polar surface area (TPSA) is 80.0 Å². The molecule has 1 aromatic carbocycles. The van der Waals surface area contributed by atoms with Gasteiger partial charge in [0.25, 0.3) is 11.7 Å². The maximum atomic E-state index is 13.0. The van der Waals surface area contributed by atoms with Crippen LogP contribution in [0, 0.1) is 6.92 Å². The molecular formula is C23H25NO5. The van der Waals surface area contributed by atoms with Crippen molar-refractivity contribution >= 4 is 17.4 Å². The van der Waals surface area contributed by atoms with Gasteiger partial charge in [-0.15, -0.1) is 0 Å². The molecule has 1 unspecified atom stereocenters. The van der Waals surface area contributed by atoms with Crippen molar-refractivity contribution in [2.45, 2.75) is 51.1 Å². The second-order valence-electron chi connectivity index (χ2n) is 7.69. The lowest BCUT2D eigenvalue weighted by Gasteiger charge is -2.34. The zero-order valence-corrected chi connectivity index (χ0v) is 16.7. The molecule has 2 heterocycles. The number of amides is 1. The summed E-state index contributed by atoms with van der Waals surface area (Å²) in [6.45, 7) is 1.83. The summed E-state index contributed by atoms with van der Waals surface area (Å²) in [5, 5.41) is 11.1. The van der Waals surface area contributed by atoms with E-state index < -0.39 is 17.7 Å². The zero-order chi connectivity index (χ0) is 20.5. The number of ketones is 1. The van der Waals surface area contributed by atoms with Crippen LogP contribution in [-0.4, -0.2) is 34.8 Å². The maximum Gasteiger partial charge on any atom is 0.296 e. The molecule has 6 heteroatoms. The predicted octanol–water partition coefficient (Wildman–Crippen LogP) is 4.35. The molecule has 2 aromatic rings.